The molecule has 4 atom stereocenters. The molecule has 0 heteroatoms. The summed E-state index contributed by atoms with van der Waals surface area (Å²) in [6.07, 6.45) is 4.80. The van der Waals surface area contributed by atoms with E-state index in [1.165, 1.54) is 11.8 Å². The van der Waals surface area contributed by atoms with E-state index in [4.69, 9.17) is 0 Å². The molecule has 0 aromatic rings. The summed E-state index contributed by atoms with van der Waals surface area (Å²) in [5, 5.41) is 0. The van der Waals surface area contributed by atoms with Gasteiger partial charge in [-0.1, -0.05) is 6.92 Å². The van der Waals surface area contributed by atoms with Crippen LogP contribution in [0.25, 0.3) is 0 Å². The predicted molar refractivity (Wildman–Crippen MR) is 32.4 cm³/mol. The normalized spacial score (nSPS) is 73.9. The molecule has 44 valence electrons. The molecule has 0 aromatic carbocycles. The topological polar surface area (TPSA) is 0 Å². The highest BCUT2D eigenvalue weighted by Gasteiger charge is 2.75. The molecule has 4 unspecified atom stereocenters. The van der Waals surface area contributed by atoms with Gasteiger partial charge in [0.1, 0.15) is 0 Å². The van der Waals surface area contributed by atoms with Crippen molar-refractivity contribution in [1.29, 1.82) is 0 Å². The highest BCUT2D eigenvalue weighted by Crippen LogP contribution is 2.83. The summed E-state index contributed by atoms with van der Waals surface area (Å²) in [6.45, 7) is 2.44. The van der Waals surface area contributed by atoms with Gasteiger partial charge in [0.25, 0.3) is 0 Å². The Morgan fingerprint density at radius 2 is 2.25 bits per heavy atom. The second-order valence-electron chi connectivity index (χ2n) is 4.16. The minimum absolute atomic E-state index is 0.999. The third-order valence-electron chi connectivity index (χ3n) is 3.80. The van der Waals surface area contributed by atoms with Gasteiger partial charge in [0.15, 0.2) is 0 Å². The van der Waals surface area contributed by atoms with Crippen LogP contribution < -0.4 is 0 Å². The molecule has 0 bridgehead atoms. The fourth-order valence-electron chi connectivity index (χ4n) is 3.15. The van der Waals surface area contributed by atoms with E-state index < -0.39 is 0 Å². The zero-order valence-electron chi connectivity index (χ0n) is 5.35. The molecule has 0 heterocycles. The molecule has 0 N–H and O–H groups in total. The number of rotatable bonds is 0. The van der Waals surface area contributed by atoms with Gasteiger partial charge in [0, 0.05) is 0 Å². The summed E-state index contributed by atoms with van der Waals surface area (Å²) in [5.74, 6) is 3.52. The van der Waals surface area contributed by atoms with Crippen LogP contribution in [0.2, 0.25) is 0 Å². The molecule has 0 nitrogen and oxygen atoms in total. The van der Waals surface area contributed by atoms with Gasteiger partial charge < -0.3 is 0 Å². The molecule has 3 fully saturated rings. The molecule has 0 aliphatic heterocycles. The van der Waals surface area contributed by atoms with Crippen molar-refractivity contribution < 1.29 is 0 Å². The van der Waals surface area contributed by atoms with Crippen molar-refractivity contribution in [3.05, 3.63) is 0 Å². The second-order valence-corrected chi connectivity index (χ2v) is 4.16. The van der Waals surface area contributed by atoms with Gasteiger partial charge in [-0.05, 0) is 42.4 Å². The first-order chi connectivity index (χ1) is 3.83. The Balaban J connectivity index is 2.02. The van der Waals surface area contributed by atoms with Gasteiger partial charge in [-0.3, -0.25) is 0 Å². The largest absolute Gasteiger partial charge is 0.0622 e. The maximum absolute atomic E-state index is 2.44. The Kier molecular flexibility index (Phi) is 0.381. The first-order valence-corrected chi connectivity index (χ1v) is 3.83. The van der Waals surface area contributed by atoms with Crippen LogP contribution in [0.3, 0.4) is 0 Å². The van der Waals surface area contributed by atoms with Crippen molar-refractivity contribution in [2.24, 2.45) is 23.2 Å². The molecule has 1 spiro atoms. The van der Waals surface area contributed by atoms with Crippen molar-refractivity contribution in [2.75, 3.05) is 0 Å². The zero-order chi connectivity index (χ0) is 5.35. The Hall–Kier alpha value is 0. The van der Waals surface area contributed by atoms with Crippen LogP contribution in [0.4, 0.5) is 0 Å². The van der Waals surface area contributed by atoms with Crippen LogP contribution in [0.1, 0.15) is 26.2 Å². The first-order valence-electron chi connectivity index (χ1n) is 3.83. The van der Waals surface area contributed by atoms with E-state index in [1.807, 2.05) is 0 Å². The average Bonchev–Trinajstić information content (AvgIpc) is 2.51. The zero-order valence-corrected chi connectivity index (χ0v) is 5.35. The summed E-state index contributed by atoms with van der Waals surface area (Å²) >= 11 is 0. The Labute approximate surface area is 50.3 Å². The summed E-state index contributed by atoms with van der Waals surface area (Å²) in [4.78, 5) is 0. The molecular formula is C8H12. The molecule has 3 aliphatic carbocycles. The molecule has 3 saturated carbocycles. The summed E-state index contributed by atoms with van der Waals surface area (Å²) in [5.41, 5.74) is 0.999. The van der Waals surface area contributed by atoms with E-state index in [1.54, 1.807) is 19.3 Å². The molecule has 3 rings (SSSR count). The third kappa shape index (κ3) is 0.222. The fourth-order valence-corrected chi connectivity index (χ4v) is 3.15. The maximum atomic E-state index is 2.44. The lowest BCUT2D eigenvalue weighted by Gasteiger charge is -2.01. The third-order valence-corrected chi connectivity index (χ3v) is 3.80. The summed E-state index contributed by atoms with van der Waals surface area (Å²) < 4.78 is 0. The van der Waals surface area contributed by atoms with E-state index in [0.717, 1.165) is 11.3 Å². The van der Waals surface area contributed by atoms with Crippen LogP contribution in [0.5, 0.6) is 0 Å². The van der Waals surface area contributed by atoms with Crippen molar-refractivity contribution in [3.63, 3.8) is 0 Å². The van der Waals surface area contributed by atoms with Crippen molar-refractivity contribution in [3.8, 4) is 0 Å². The molecule has 0 saturated heterocycles. The van der Waals surface area contributed by atoms with Crippen molar-refractivity contribution in [1.82, 2.24) is 0 Å². The van der Waals surface area contributed by atoms with Crippen LogP contribution >= 0.6 is 0 Å². The van der Waals surface area contributed by atoms with Crippen LogP contribution in [-0.2, 0) is 0 Å². The molecule has 0 amide bonds. The molecular weight excluding hydrogens is 96.1 g/mol. The highest BCUT2D eigenvalue weighted by molar-refractivity contribution is 5.24. The lowest BCUT2D eigenvalue weighted by molar-refractivity contribution is 0.485. The van der Waals surface area contributed by atoms with Crippen LogP contribution in [0, 0.1) is 23.2 Å². The number of hydrogen-bond donors (Lipinski definition) is 0. The molecule has 0 radical (unpaired) electrons. The van der Waals surface area contributed by atoms with E-state index in [-0.39, 0.29) is 0 Å². The van der Waals surface area contributed by atoms with Crippen LogP contribution in [-0.4, -0.2) is 0 Å². The maximum Gasteiger partial charge on any atom is -0.0232 e. The monoisotopic (exact) mass is 108 g/mol. The molecule has 8 heavy (non-hydrogen) atoms. The van der Waals surface area contributed by atoms with Gasteiger partial charge in [-0.25, -0.2) is 0 Å². The minimum atomic E-state index is 0.999. The predicted octanol–water partition coefficient (Wildman–Crippen LogP) is 2.05. The lowest BCUT2D eigenvalue weighted by atomic mass is 10.0. The van der Waals surface area contributed by atoms with Crippen molar-refractivity contribution in [2.45, 2.75) is 26.2 Å². The lowest BCUT2D eigenvalue weighted by Crippen LogP contribution is -1.92. The second kappa shape index (κ2) is 0.778. The van der Waals surface area contributed by atoms with Gasteiger partial charge in [0.2, 0.25) is 0 Å². The Morgan fingerprint density at radius 3 is 2.50 bits per heavy atom. The van der Waals surface area contributed by atoms with E-state index >= 15 is 0 Å². The van der Waals surface area contributed by atoms with Crippen molar-refractivity contribution >= 4 is 0 Å². The quantitative estimate of drug-likeness (QED) is 0.445. The van der Waals surface area contributed by atoms with Gasteiger partial charge in [-0.15, -0.1) is 0 Å². The standard InChI is InChI=1S/C8H12/c1-5-2-6-3-8(6)4-7(5)8/h5-7H,2-4H2,1H3. The summed E-state index contributed by atoms with van der Waals surface area (Å²) in [6, 6.07) is 0. The smallest absolute Gasteiger partial charge is 0.0232 e. The van der Waals surface area contributed by atoms with Crippen LogP contribution in [0.15, 0.2) is 0 Å². The SMILES string of the molecule is CC1CC2CC23CC13. The first kappa shape index (κ1) is 3.92. The van der Waals surface area contributed by atoms with E-state index in [2.05, 4.69) is 6.92 Å². The Morgan fingerprint density at radius 1 is 1.38 bits per heavy atom. The average molecular weight is 108 g/mol. The Bertz CT molecular complexity index is 150. The van der Waals surface area contributed by atoms with Gasteiger partial charge >= 0.3 is 0 Å². The van der Waals surface area contributed by atoms with E-state index in [0.29, 0.717) is 0 Å². The van der Waals surface area contributed by atoms with Gasteiger partial charge in [-0.2, -0.15) is 0 Å². The fraction of sp³-hybridized carbons (Fsp3) is 1.00. The minimum Gasteiger partial charge on any atom is -0.0622 e. The number of hydrogen-bond acceptors (Lipinski definition) is 0. The molecule has 3 aliphatic rings. The molecule has 0 aromatic heterocycles. The summed E-state index contributed by atoms with van der Waals surface area (Å²) in [7, 11) is 0. The highest BCUT2D eigenvalue weighted by atomic mass is 14.8. The van der Waals surface area contributed by atoms with E-state index in [9.17, 15) is 0 Å². The van der Waals surface area contributed by atoms with Gasteiger partial charge in [0.05, 0.1) is 0 Å².